The Hall–Kier alpha value is -0.680. The predicted molar refractivity (Wildman–Crippen MR) is 58.5 cm³/mol. The summed E-state index contributed by atoms with van der Waals surface area (Å²) in [5.74, 6) is -1.60. The van der Waals surface area contributed by atoms with Gasteiger partial charge in [-0.2, -0.15) is 0 Å². The quantitative estimate of drug-likeness (QED) is 0.668. The Morgan fingerprint density at radius 2 is 2.07 bits per heavy atom. The van der Waals surface area contributed by atoms with E-state index < -0.39 is 11.8 Å². The van der Waals surface area contributed by atoms with Gasteiger partial charge in [-0.3, -0.25) is 0 Å². The van der Waals surface area contributed by atoms with Crippen molar-refractivity contribution in [3.8, 4) is 0 Å². The van der Waals surface area contributed by atoms with Gasteiger partial charge in [-0.15, -0.1) is 0 Å². The third-order valence-electron chi connectivity index (χ3n) is 1.47. The molecule has 2 nitrogen and oxygen atoms in total. The molecule has 0 saturated heterocycles. The van der Waals surface area contributed by atoms with Gasteiger partial charge >= 0.3 is 5.97 Å². The molecule has 0 atom stereocenters. The van der Waals surface area contributed by atoms with Gasteiger partial charge in [0.15, 0.2) is 0 Å². The van der Waals surface area contributed by atoms with Crippen LogP contribution in [0.3, 0.4) is 0 Å². The first-order valence-electron chi connectivity index (χ1n) is 3.57. The monoisotopic (exact) mass is 322 g/mol. The molecule has 5 heteroatoms. The Bertz CT molecular complexity index is 402. The molecule has 1 rings (SSSR count). The van der Waals surface area contributed by atoms with Gasteiger partial charge in [-0.1, -0.05) is 6.07 Å². The topological polar surface area (TPSA) is 37.3 Å². The zero-order valence-corrected chi connectivity index (χ0v) is 9.97. The summed E-state index contributed by atoms with van der Waals surface area (Å²) >= 11 is 6.17. The van der Waals surface area contributed by atoms with Crippen LogP contribution in [-0.4, -0.2) is 11.1 Å². The van der Waals surface area contributed by atoms with Crippen LogP contribution in [0.2, 0.25) is 0 Å². The molecule has 1 aromatic carbocycles. The summed E-state index contributed by atoms with van der Waals surface area (Å²) in [5.41, 5.74) is 0.225. The summed E-state index contributed by atoms with van der Waals surface area (Å²) in [6.45, 7) is 0. The van der Waals surface area contributed by atoms with E-state index in [-0.39, 0.29) is 10.0 Å². The molecule has 0 bridgehead atoms. The van der Waals surface area contributed by atoms with E-state index in [4.69, 9.17) is 5.11 Å². The van der Waals surface area contributed by atoms with Crippen molar-refractivity contribution in [3.63, 3.8) is 0 Å². The van der Waals surface area contributed by atoms with E-state index in [1.54, 1.807) is 6.07 Å². The average Bonchev–Trinajstić information content (AvgIpc) is 2.13. The molecule has 0 aliphatic rings. The Balaban J connectivity index is 3.12. The molecule has 0 unspecified atom stereocenters. The first-order chi connectivity index (χ1) is 6.52. The second-order valence-corrected chi connectivity index (χ2v) is 4.08. The van der Waals surface area contributed by atoms with E-state index >= 15 is 0 Å². The van der Waals surface area contributed by atoms with Crippen molar-refractivity contribution in [3.05, 3.63) is 38.5 Å². The summed E-state index contributed by atoms with van der Waals surface area (Å²) in [6, 6.07) is 3.12. The molecule has 0 amide bonds. The minimum absolute atomic E-state index is 0.225. The van der Waals surface area contributed by atoms with Gasteiger partial charge in [-0.25, -0.2) is 9.18 Å². The summed E-state index contributed by atoms with van der Waals surface area (Å²) in [7, 11) is 0. The van der Waals surface area contributed by atoms with Crippen molar-refractivity contribution in [1.29, 1.82) is 0 Å². The minimum atomic E-state index is -1.11. The van der Waals surface area contributed by atoms with Crippen LogP contribution in [0.5, 0.6) is 0 Å². The lowest BCUT2D eigenvalue weighted by atomic mass is 10.2. The van der Waals surface area contributed by atoms with E-state index in [0.717, 1.165) is 6.08 Å². The van der Waals surface area contributed by atoms with Gasteiger partial charge in [0.25, 0.3) is 0 Å². The zero-order chi connectivity index (χ0) is 10.7. The van der Waals surface area contributed by atoms with Crippen LogP contribution < -0.4 is 0 Å². The first kappa shape index (κ1) is 11.4. The molecular weight excluding hydrogens is 319 g/mol. The number of hydrogen-bond acceptors (Lipinski definition) is 1. The smallest absolute Gasteiger partial charge is 0.328 e. The predicted octanol–water partition coefficient (Wildman–Crippen LogP) is 3.45. The number of halogens is 3. The Morgan fingerprint density at radius 1 is 1.43 bits per heavy atom. The van der Waals surface area contributed by atoms with Crippen LogP contribution in [0, 0.1) is 5.82 Å². The molecule has 0 heterocycles. The highest BCUT2D eigenvalue weighted by molar-refractivity contribution is 9.13. The SMILES string of the molecule is O=C(O)/C=C/c1ccc(Br)c(Br)c1F. The molecular formula is C9H5Br2FO2. The van der Waals surface area contributed by atoms with Gasteiger partial charge in [0.05, 0.1) is 4.47 Å². The van der Waals surface area contributed by atoms with Crippen molar-refractivity contribution in [2.75, 3.05) is 0 Å². The maximum atomic E-state index is 13.4. The van der Waals surface area contributed by atoms with E-state index in [9.17, 15) is 9.18 Å². The van der Waals surface area contributed by atoms with Gasteiger partial charge in [-0.05, 0) is 44.0 Å². The fourth-order valence-corrected chi connectivity index (χ4v) is 1.50. The number of rotatable bonds is 2. The Morgan fingerprint density at radius 3 is 2.64 bits per heavy atom. The Labute approximate surface area is 96.7 Å². The van der Waals surface area contributed by atoms with Crippen molar-refractivity contribution in [2.45, 2.75) is 0 Å². The second kappa shape index (κ2) is 4.70. The Kier molecular flexibility index (Phi) is 3.83. The van der Waals surface area contributed by atoms with Gasteiger partial charge in [0, 0.05) is 16.1 Å². The normalized spacial score (nSPS) is 10.8. The van der Waals surface area contributed by atoms with Crippen LogP contribution in [0.1, 0.15) is 5.56 Å². The van der Waals surface area contributed by atoms with E-state index in [1.807, 2.05) is 0 Å². The number of benzene rings is 1. The van der Waals surface area contributed by atoms with E-state index in [2.05, 4.69) is 31.9 Å². The van der Waals surface area contributed by atoms with Crippen molar-refractivity contribution in [2.24, 2.45) is 0 Å². The molecule has 1 N–H and O–H groups in total. The molecule has 14 heavy (non-hydrogen) atoms. The summed E-state index contributed by atoms with van der Waals surface area (Å²) in [4.78, 5) is 10.2. The van der Waals surface area contributed by atoms with E-state index in [1.165, 1.54) is 12.1 Å². The number of carboxylic acids is 1. The summed E-state index contributed by atoms with van der Waals surface area (Å²) in [5, 5.41) is 8.36. The minimum Gasteiger partial charge on any atom is -0.478 e. The summed E-state index contributed by atoms with van der Waals surface area (Å²) < 4.78 is 14.3. The highest BCUT2D eigenvalue weighted by Crippen LogP contribution is 2.28. The van der Waals surface area contributed by atoms with Gasteiger partial charge < -0.3 is 5.11 Å². The molecule has 74 valence electrons. The average molecular weight is 324 g/mol. The molecule has 0 fully saturated rings. The number of carbonyl (C=O) groups is 1. The number of carboxylic acid groups (broad SMARTS) is 1. The fourth-order valence-electron chi connectivity index (χ4n) is 0.831. The van der Waals surface area contributed by atoms with Gasteiger partial charge in [0.1, 0.15) is 5.82 Å². The third kappa shape index (κ3) is 2.65. The fraction of sp³-hybridized carbons (Fsp3) is 0. The molecule has 0 aromatic heterocycles. The van der Waals surface area contributed by atoms with Crippen molar-refractivity contribution in [1.82, 2.24) is 0 Å². The second-order valence-electron chi connectivity index (χ2n) is 2.44. The molecule has 1 aromatic rings. The number of aliphatic carboxylic acids is 1. The standard InChI is InChI=1S/C9H5Br2FO2/c10-6-3-1-5(2-4-7(13)14)9(12)8(6)11/h1-4H,(H,13,14)/b4-2+. The largest absolute Gasteiger partial charge is 0.478 e. The van der Waals surface area contributed by atoms with E-state index in [0.29, 0.717) is 4.47 Å². The first-order valence-corrected chi connectivity index (χ1v) is 5.15. The van der Waals surface area contributed by atoms with Crippen LogP contribution >= 0.6 is 31.9 Å². The lowest BCUT2D eigenvalue weighted by Crippen LogP contribution is -1.89. The van der Waals surface area contributed by atoms with Gasteiger partial charge in [0.2, 0.25) is 0 Å². The molecule has 0 aliphatic heterocycles. The maximum absolute atomic E-state index is 13.4. The molecule has 0 aliphatic carbocycles. The summed E-state index contributed by atoms with van der Waals surface area (Å²) in [6.07, 6.45) is 2.09. The van der Waals surface area contributed by atoms with Crippen LogP contribution in [0.15, 0.2) is 27.2 Å². The lowest BCUT2D eigenvalue weighted by Gasteiger charge is -2.01. The highest BCUT2D eigenvalue weighted by atomic mass is 79.9. The number of hydrogen-bond donors (Lipinski definition) is 1. The molecule has 0 radical (unpaired) electrons. The van der Waals surface area contributed by atoms with Crippen LogP contribution in [-0.2, 0) is 4.79 Å². The zero-order valence-electron chi connectivity index (χ0n) is 6.80. The van der Waals surface area contributed by atoms with Crippen molar-refractivity contribution >= 4 is 43.9 Å². The maximum Gasteiger partial charge on any atom is 0.328 e. The highest BCUT2D eigenvalue weighted by Gasteiger charge is 2.07. The molecule has 0 spiro atoms. The van der Waals surface area contributed by atoms with Crippen LogP contribution in [0.4, 0.5) is 4.39 Å². The molecule has 0 saturated carbocycles. The lowest BCUT2D eigenvalue weighted by molar-refractivity contribution is -0.131. The van der Waals surface area contributed by atoms with Crippen molar-refractivity contribution < 1.29 is 14.3 Å². The van der Waals surface area contributed by atoms with Crippen LogP contribution in [0.25, 0.3) is 6.08 Å². The third-order valence-corrected chi connectivity index (χ3v) is 3.44.